The number of aryl methyl sites for hydroxylation is 3. The molecule has 0 aliphatic rings. The van der Waals surface area contributed by atoms with Crippen molar-refractivity contribution in [3.63, 3.8) is 0 Å². The minimum atomic E-state index is 0.00810. The summed E-state index contributed by atoms with van der Waals surface area (Å²) in [5.74, 6) is 0.00810. The van der Waals surface area contributed by atoms with Crippen molar-refractivity contribution in [3.8, 4) is 0 Å². The number of hydrogen-bond acceptors (Lipinski definition) is 2. The standard InChI is InChI=1S/C14H17N3O/c1-11-4-3-5-13(10-11)15-14(18)7-9-17-8-6-12(2)16-17/h3-6,8,10H,7,9H2,1-2H3,(H,15,18). The van der Waals surface area contributed by atoms with Gasteiger partial charge in [-0.05, 0) is 37.6 Å². The molecule has 1 amide bonds. The Morgan fingerprint density at radius 3 is 2.83 bits per heavy atom. The molecule has 0 saturated carbocycles. The third kappa shape index (κ3) is 3.45. The summed E-state index contributed by atoms with van der Waals surface area (Å²) in [4.78, 5) is 11.8. The number of carbonyl (C=O) groups excluding carboxylic acids is 1. The van der Waals surface area contributed by atoms with Gasteiger partial charge in [-0.1, -0.05) is 12.1 Å². The van der Waals surface area contributed by atoms with Gasteiger partial charge in [-0.25, -0.2) is 0 Å². The highest BCUT2D eigenvalue weighted by molar-refractivity contribution is 5.90. The highest BCUT2D eigenvalue weighted by Crippen LogP contribution is 2.09. The Hall–Kier alpha value is -2.10. The molecular formula is C14H17N3O. The summed E-state index contributed by atoms with van der Waals surface area (Å²) in [6.07, 6.45) is 2.31. The van der Waals surface area contributed by atoms with E-state index in [2.05, 4.69) is 10.4 Å². The van der Waals surface area contributed by atoms with Crippen molar-refractivity contribution in [1.82, 2.24) is 9.78 Å². The maximum atomic E-state index is 11.8. The van der Waals surface area contributed by atoms with Crippen LogP contribution in [0.3, 0.4) is 0 Å². The van der Waals surface area contributed by atoms with Crippen LogP contribution in [0.1, 0.15) is 17.7 Å². The number of nitrogens with one attached hydrogen (secondary N) is 1. The lowest BCUT2D eigenvalue weighted by Gasteiger charge is -2.06. The fourth-order valence-corrected chi connectivity index (χ4v) is 1.75. The van der Waals surface area contributed by atoms with Crippen molar-refractivity contribution in [2.75, 3.05) is 5.32 Å². The second-order valence-corrected chi connectivity index (χ2v) is 4.39. The maximum absolute atomic E-state index is 11.8. The van der Waals surface area contributed by atoms with Crippen LogP contribution >= 0.6 is 0 Å². The molecule has 1 heterocycles. The average molecular weight is 243 g/mol. The Labute approximate surface area is 107 Å². The van der Waals surface area contributed by atoms with Crippen LogP contribution in [0.4, 0.5) is 5.69 Å². The van der Waals surface area contributed by atoms with E-state index in [0.29, 0.717) is 13.0 Å². The number of carbonyl (C=O) groups is 1. The van der Waals surface area contributed by atoms with E-state index in [0.717, 1.165) is 16.9 Å². The van der Waals surface area contributed by atoms with Crippen LogP contribution in [0.5, 0.6) is 0 Å². The quantitative estimate of drug-likeness (QED) is 0.897. The number of rotatable bonds is 4. The fraction of sp³-hybridized carbons (Fsp3) is 0.286. The molecule has 0 unspecified atom stereocenters. The molecule has 0 radical (unpaired) electrons. The summed E-state index contributed by atoms with van der Waals surface area (Å²) in [5, 5.41) is 7.12. The molecule has 18 heavy (non-hydrogen) atoms. The molecule has 0 aliphatic heterocycles. The predicted molar refractivity (Wildman–Crippen MR) is 71.4 cm³/mol. The fourth-order valence-electron chi connectivity index (χ4n) is 1.75. The Bertz CT molecular complexity index is 545. The van der Waals surface area contributed by atoms with E-state index in [9.17, 15) is 4.79 Å². The number of benzene rings is 1. The summed E-state index contributed by atoms with van der Waals surface area (Å²) in [7, 11) is 0. The van der Waals surface area contributed by atoms with Crippen molar-refractivity contribution >= 4 is 11.6 Å². The van der Waals surface area contributed by atoms with Gasteiger partial charge in [0.25, 0.3) is 0 Å². The van der Waals surface area contributed by atoms with Gasteiger partial charge in [-0.15, -0.1) is 0 Å². The summed E-state index contributed by atoms with van der Waals surface area (Å²) < 4.78 is 1.78. The highest BCUT2D eigenvalue weighted by Gasteiger charge is 2.03. The SMILES string of the molecule is Cc1cccc(NC(=O)CCn2ccc(C)n2)c1. The minimum Gasteiger partial charge on any atom is -0.326 e. The number of hydrogen-bond donors (Lipinski definition) is 1. The molecule has 0 saturated heterocycles. The smallest absolute Gasteiger partial charge is 0.226 e. The zero-order valence-corrected chi connectivity index (χ0v) is 10.7. The maximum Gasteiger partial charge on any atom is 0.226 e. The third-order valence-corrected chi connectivity index (χ3v) is 2.64. The molecule has 0 fully saturated rings. The van der Waals surface area contributed by atoms with Gasteiger partial charge >= 0.3 is 0 Å². The topological polar surface area (TPSA) is 46.9 Å². The molecule has 1 aromatic carbocycles. The number of anilines is 1. The Kier molecular flexibility index (Phi) is 3.77. The van der Waals surface area contributed by atoms with Crippen LogP contribution in [-0.2, 0) is 11.3 Å². The number of nitrogens with zero attached hydrogens (tertiary/aromatic N) is 2. The summed E-state index contributed by atoms with van der Waals surface area (Å²) in [6, 6.07) is 9.71. The highest BCUT2D eigenvalue weighted by atomic mass is 16.1. The van der Waals surface area contributed by atoms with Gasteiger partial charge in [-0.2, -0.15) is 5.10 Å². The lowest BCUT2D eigenvalue weighted by Crippen LogP contribution is -2.14. The zero-order chi connectivity index (χ0) is 13.0. The molecule has 0 bridgehead atoms. The molecular weight excluding hydrogens is 226 g/mol. The van der Waals surface area contributed by atoms with E-state index < -0.39 is 0 Å². The molecule has 1 N–H and O–H groups in total. The Morgan fingerprint density at radius 2 is 2.17 bits per heavy atom. The van der Waals surface area contributed by atoms with Crippen LogP contribution in [0.2, 0.25) is 0 Å². The van der Waals surface area contributed by atoms with Crippen LogP contribution in [0.15, 0.2) is 36.5 Å². The van der Waals surface area contributed by atoms with E-state index in [1.54, 1.807) is 4.68 Å². The lowest BCUT2D eigenvalue weighted by molar-refractivity contribution is -0.116. The van der Waals surface area contributed by atoms with E-state index in [1.807, 2.05) is 50.4 Å². The van der Waals surface area contributed by atoms with Crippen molar-refractivity contribution < 1.29 is 4.79 Å². The predicted octanol–water partition coefficient (Wildman–Crippen LogP) is 2.53. The van der Waals surface area contributed by atoms with Crippen LogP contribution in [0, 0.1) is 13.8 Å². The van der Waals surface area contributed by atoms with Crippen LogP contribution in [0.25, 0.3) is 0 Å². The van der Waals surface area contributed by atoms with E-state index in [4.69, 9.17) is 0 Å². The summed E-state index contributed by atoms with van der Waals surface area (Å²) in [6.45, 7) is 4.54. The first-order chi connectivity index (χ1) is 8.63. The Morgan fingerprint density at radius 1 is 1.33 bits per heavy atom. The molecule has 4 heteroatoms. The third-order valence-electron chi connectivity index (χ3n) is 2.64. The van der Waals surface area contributed by atoms with Gasteiger partial charge in [0.2, 0.25) is 5.91 Å². The molecule has 0 atom stereocenters. The van der Waals surface area contributed by atoms with Gasteiger partial charge < -0.3 is 5.32 Å². The van der Waals surface area contributed by atoms with Gasteiger partial charge in [0.05, 0.1) is 5.69 Å². The largest absolute Gasteiger partial charge is 0.326 e. The molecule has 4 nitrogen and oxygen atoms in total. The van der Waals surface area contributed by atoms with E-state index in [-0.39, 0.29) is 5.91 Å². The van der Waals surface area contributed by atoms with Gasteiger partial charge in [0, 0.05) is 24.8 Å². The summed E-state index contributed by atoms with van der Waals surface area (Å²) in [5.41, 5.74) is 2.95. The minimum absolute atomic E-state index is 0.00810. The molecule has 1 aromatic heterocycles. The van der Waals surface area contributed by atoms with Crippen molar-refractivity contribution in [2.45, 2.75) is 26.8 Å². The first-order valence-corrected chi connectivity index (χ1v) is 6.00. The monoisotopic (exact) mass is 243 g/mol. The average Bonchev–Trinajstić information content (AvgIpc) is 2.73. The normalized spacial score (nSPS) is 10.3. The lowest BCUT2D eigenvalue weighted by atomic mass is 10.2. The molecule has 94 valence electrons. The van der Waals surface area contributed by atoms with E-state index >= 15 is 0 Å². The van der Waals surface area contributed by atoms with E-state index in [1.165, 1.54) is 0 Å². The van der Waals surface area contributed by atoms with Gasteiger partial charge in [0.1, 0.15) is 0 Å². The van der Waals surface area contributed by atoms with Crippen LogP contribution in [-0.4, -0.2) is 15.7 Å². The van der Waals surface area contributed by atoms with Crippen LogP contribution < -0.4 is 5.32 Å². The Balaban J connectivity index is 1.85. The van der Waals surface area contributed by atoms with Crippen molar-refractivity contribution in [1.29, 1.82) is 0 Å². The summed E-state index contributed by atoms with van der Waals surface area (Å²) >= 11 is 0. The molecule has 0 spiro atoms. The number of aromatic nitrogens is 2. The molecule has 0 aliphatic carbocycles. The van der Waals surface area contributed by atoms with Gasteiger partial charge in [-0.3, -0.25) is 9.48 Å². The molecule has 2 rings (SSSR count). The zero-order valence-electron chi connectivity index (χ0n) is 10.7. The second kappa shape index (κ2) is 5.49. The van der Waals surface area contributed by atoms with Crippen molar-refractivity contribution in [3.05, 3.63) is 47.8 Å². The first kappa shape index (κ1) is 12.4. The van der Waals surface area contributed by atoms with Crippen molar-refractivity contribution in [2.24, 2.45) is 0 Å². The molecule has 2 aromatic rings. The number of amides is 1. The second-order valence-electron chi connectivity index (χ2n) is 4.39. The first-order valence-electron chi connectivity index (χ1n) is 6.00. The van der Waals surface area contributed by atoms with Gasteiger partial charge in [0.15, 0.2) is 0 Å².